The van der Waals surface area contributed by atoms with Crippen molar-refractivity contribution in [2.45, 2.75) is 24.2 Å². The van der Waals surface area contributed by atoms with Crippen LogP contribution in [-0.4, -0.2) is 38.8 Å². The predicted octanol–water partition coefficient (Wildman–Crippen LogP) is 1.28. The van der Waals surface area contributed by atoms with Gasteiger partial charge < -0.3 is 5.32 Å². The van der Waals surface area contributed by atoms with Crippen LogP contribution < -0.4 is 5.32 Å². The molecule has 0 atom stereocenters. The largest absolute Gasteiger partial charge is 0.354 e. The Morgan fingerprint density at radius 2 is 2.00 bits per heavy atom. The van der Waals surface area contributed by atoms with E-state index >= 15 is 0 Å². The van der Waals surface area contributed by atoms with E-state index in [0.717, 1.165) is 30.6 Å². The standard InChI is InChI=1S/C11H16N2O3S2/c1-12-11(14)10-7-9(8-17-10)18(15,16)13-5-3-2-4-6-13/h7-8H,2-6H2,1H3,(H,12,14). The number of carbonyl (C=O) groups is 1. The monoisotopic (exact) mass is 288 g/mol. The maximum absolute atomic E-state index is 12.3. The van der Waals surface area contributed by atoms with Crippen molar-refractivity contribution in [2.24, 2.45) is 0 Å². The van der Waals surface area contributed by atoms with Gasteiger partial charge in [0.2, 0.25) is 10.0 Å². The molecule has 0 saturated carbocycles. The molecule has 0 bridgehead atoms. The number of nitrogens with zero attached hydrogens (tertiary/aromatic N) is 1. The Kier molecular flexibility index (Phi) is 4.04. The first-order valence-electron chi connectivity index (χ1n) is 5.86. The summed E-state index contributed by atoms with van der Waals surface area (Å²) in [5.74, 6) is -0.250. The molecular formula is C11H16N2O3S2. The molecule has 0 radical (unpaired) electrons. The predicted molar refractivity (Wildman–Crippen MR) is 70.3 cm³/mol. The molecule has 1 fully saturated rings. The van der Waals surface area contributed by atoms with Gasteiger partial charge in [0, 0.05) is 25.5 Å². The van der Waals surface area contributed by atoms with Crippen LogP contribution in [0.5, 0.6) is 0 Å². The Hall–Kier alpha value is -0.920. The number of piperidine rings is 1. The van der Waals surface area contributed by atoms with Crippen LogP contribution in [0.2, 0.25) is 0 Å². The van der Waals surface area contributed by atoms with Gasteiger partial charge in [-0.05, 0) is 18.9 Å². The lowest BCUT2D eigenvalue weighted by Crippen LogP contribution is -2.35. The average Bonchev–Trinajstić information content (AvgIpc) is 2.89. The van der Waals surface area contributed by atoms with Gasteiger partial charge in [0.25, 0.3) is 5.91 Å². The van der Waals surface area contributed by atoms with Crippen molar-refractivity contribution in [1.82, 2.24) is 9.62 Å². The molecule has 1 saturated heterocycles. The van der Waals surface area contributed by atoms with Crippen molar-refractivity contribution in [1.29, 1.82) is 0 Å². The van der Waals surface area contributed by atoms with E-state index in [0.29, 0.717) is 18.0 Å². The minimum Gasteiger partial charge on any atom is -0.354 e. The molecule has 2 rings (SSSR count). The quantitative estimate of drug-likeness (QED) is 0.911. The fourth-order valence-electron chi connectivity index (χ4n) is 1.95. The van der Waals surface area contributed by atoms with E-state index < -0.39 is 10.0 Å². The van der Waals surface area contributed by atoms with Crippen LogP contribution in [0.1, 0.15) is 28.9 Å². The van der Waals surface area contributed by atoms with Gasteiger partial charge in [-0.25, -0.2) is 8.42 Å². The molecule has 2 heterocycles. The molecule has 5 nitrogen and oxygen atoms in total. The van der Waals surface area contributed by atoms with Crippen LogP contribution in [0.3, 0.4) is 0 Å². The van der Waals surface area contributed by atoms with E-state index in [-0.39, 0.29) is 10.8 Å². The Morgan fingerprint density at radius 3 is 2.61 bits per heavy atom. The molecule has 1 aromatic heterocycles. The lowest BCUT2D eigenvalue weighted by molar-refractivity contribution is 0.0967. The zero-order valence-corrected chi connectivity index (χ0v) is 11.8. The first kappa shape index (κ1) is 13.5. The number of sulfonamides is 1. The summed E-state index contributed by atoms with van der Waals surface area (Å²) in [4.78, 5) is 12.1. The number of carbonyl (C=O) groups excluding carboxylic acids is 1. The van der Waals surface area contributed by atoms with Crippen LogP contribution >= 0.6 is 11.3 Å². The van der Waals surface area contributed by atoms with E-state index in [1.807, 2.05) is 0 Å². The van der Waals surface area contributed by atoms with Crippen molar-refractivity contribution in [3.63, 3.8) is 0 Å². The number of amides is 1. The highest BCUT2D eigenvalue weighted by molar-refractivity contribution is 7.89. The molecular weight excluding hydrogens is 272 g/mol. The first-order valence-corrected chi connectivity index (χ1v) is 8.18. The van der Waals surface area contributed by atoms with Crippen LogP contribution in [0, 0.1) is 0 Å². The van der Waals surface area contributed by atoms with Crippen molar-refractivity contribution < 1.29 is 13.2 Å². The Bertz CT molecular complexity index is 530. The van der Waals surface area contributed by atoms with Crippen molar-refractivity contribution >= 4 is 27.3 Å². The lowest BCUT2D eigenvalue weighted by Gasteiger charge is -2.25. The highest BCUT2D eigenvalue weighted by Gasteiger charge is 2.27. The third-order valence-corrected chi connectivity index (χ3v) is 5.93. The van der Waals surface area contributed by atoms with Gasteiger partial charge in [-0.15, -0.1) is 11.3 Å². The second kappa shape index (κ2) is 5.38. The van der Waals surface area contributed by atoms with Gasteiger partial charge >= 0.3 is 0 Å². The summed E-state index contributed by atoms with van der Waals surface area (Å²) in [5.41, 5.74) is 0. The summed E-state index contributed by atoms with van der Waals surface area (Å²) in [6.45, 7) is 1.15. The van der Waals surface area contributed by atoms with Crippen molar-refractivity contribution in [3.05, 3.63) is 16.3 Å². The summed E-state index contributed by atoms with van der Waals surface area (Å²) in [5, 5.41) is 4.02. The molecule has 1 aliphatic heterocycles. The van der Waals surface area contributed by atoms with Crippen LogP contribution in [-0.2, 0) is 10.0 Å². The number of hydrogen-bond donors (Lipinski definition) is 1. The molecule has 100 valence electrons. The fraction of sp³-hybridized carbons (Fsp3) is 0.545. The Labute approximate surface area is 111 Å². The summed E-state index contributed by atoms with van der Waals surface area (Å²) >= 11 is 1.16. The SMILES string of the molecule is CNC(=O)c1cc(S(=O)(=O)N2CCCCC2)cs1. The normalized spacial score (nSPS) is 17.6. The zero-order chi connectivity index (χ0) is 13.2. The number of thiophene rings is 1. The van der Waals surface area contributed by atoms with Crippen LogP contribution in [0.4, 0.5) is 0 Å². The van der Waals surface area contributed by atoms with E-state index in [4.69, 9.17) is 0 Å². The number of hydrogen-bond acceptors (Lipinski definition) is 4. The number of rotatable bonds is 3. The molecule has 1 amide bonds. The summed E-state index contributed by atoms with van der Waals surface area (Å²) < 4.78 is 26.1. The molecule has 0 aromatic carbocycles. The molecule has 1 aromatic rings. The summed E-state index contributed by atoms with van der Waals surface area (Å²) in [6, 6.07) is 1.45. The minimum atomic E-state index is -3.42. The van der Waals surface area contributed by atoms with Gasteiger partial charge in [-0.2, -0.15) is 4.31 Å². The molecule has 18 heavy (non-hydrogen) atoms. The Morgan fingerprint density at radius 1 is 1.33 bits per heavy atom. The summed E-state index contributed by atoms with van der Waals surface area (Å²) in [7, 11) is -1.89. The Balaban J connectivity index is 2.24. The van der Waals surface area contributed by atoms with E-state index in [2.05, 4.69) is 5.32 Å². The minimum absolute atomic E-state index is 0.230. The molecule has 1 aliphatic rings. The van der Waals surface area contributed by atoms with Gasteiger partial charge in [-0.3, -0.25) is 4.79 Å². The highest BCUT2D eigenvalue weighted by Crippen LogP contribution is 2.24. The second-order valence-electron chi connectivity index (χ2n) is 4.19. The third kappa shape index (κ3) is 2.57. The number of nitrogens with one attached hydrogen (secondary N) is 1. The lowest BCUT2D eigenvalue weighted by atomic mass is 10.2. The highest BCUT2D eigenvalue weighted by atomic mass is 32.2. The molecule has 7 heteroatoms. The maximum atomic E-state index is 12.3. The molecule has 0 unspecified atom stereocenters. The van der Waals surface area contributed by atoms with Crippen LogP contribution in [0.25, 0.3) is 0 Å². The smallest absolute Gasteiger partial charge is 0.261 e. The van der Waals surface area contributed by atoms with E-state index in [1.165, 1.54) is 22.8 Å². The van der Waals surface area contributed by atoms with Crippen molar-refractivity contribution in [3.8, 4) is 0 Å². The molecule has 0 spiro atoms. The molecule has 1 N–H and O–H groups in total. The molecule has 0 aliphatic carbocycles. The van der Waals surface area contributed by atoms with Gasteiger partial charge in [0.1, 0.15) is 0 Å². The topological polar surface area (TPSA) is 66.5 Å². The summed E-state index contributed by atoms with van der Waals surface area (Å²) in [6.07, 6.45) is 2.90. The van der Waals surface area contributed by atoms with Gasteiger partial charge in [-0.1, -0.05) is 6.42 Å². The van der Waals surface area contributed by atoms with E-state index in [1.54, 1.807) is 0 Å². The average molecular weight is 288 g/mol. The fourth-order valence-corrected chi connectivity index (χ4v) is 4.68. The van der Waals surface area contributed by atoms with Crippen molar-refractivity contribution in [2.75, 3.05) is 20.1 Å². The third-order valence-electron chi connectivity index (χ3n) is 2.98. The zero-order valence-electron chi connectivity index (χ0n) is 10.2. The maximum Gasteiger partial charge on any atom is 0.261 e. The van der Waals surface area contributed by atoms with Gasteiger partial charge in [0.15, 0.2) is 0 Å². The second-order valence-corrected chi connectivity index (χ2v) is 7.04. The van der Waals surface area contributed by atoms with Crippen LogP contribution in [0.15, 0.2) is 16.3 Å². The van der Waals surface area contributed by atoms with E-state index in [9.17, 15) is 13.2 Å². The van der Waals surface area contributed by atoms with Gasteiger partial charge in [0.05, 0.1) is 9.77 Å². The first-order chi connectivity index (χ1) is 8.55.